The number of hydrogen-bond donors (Lipinski definition) is 3. The van der Waals surface area contributed by atoms with Crippen LogP contribution in [0.15, 0.2) is 24.3 Å². The summed E-state index contributed by atoms with van der Waals surface area (Å²) in [6, 6.07) is 7.04. The summed E-state index contributed by atoms with van der Waals surface area (Å²) >= 11 is 0. The van der Waals surface area contributed by atoms with Gasteiger partial charge in [-0.3, -0.25) is 15.1 Å². The Morgan fingerprint density at radius 2 is 2.30 bits per heavy atom. The van der Waals surface area contributed by atoms with Crippen LogP contribution in [0, 0.1) is 0 Å². The number of nitrogen functional groups attached to an aromatic ring is 1. The summed E-state index contributed by atoms with van der Waals surface area (Å²) in [5, 5.41) is 3.37. The van der Waals surface area contributed by atoms with Crippen molar-refractivity contribution in [1.29, 1.82) is 0 Å². The van der Waals surface area contributed by atoms with Gasteiger partial charge in [0.1, 0.15) is 12.4 Å². The van der Waals surface area contributed by atoms with Crippen LogP contribution < -0.4 is 21.3 Å². The van der Waals surface area contributed by atoms with E-state index < -0.39 is 0 Å². The highest BCUT2D eigenvalue weighted by Gasteiger charge is 2.09. The summed E-state index contributed by atoms with van der Waals surface area (Å²) in [5.41, 5.74) is 2.62. The molecule has 6 heteroatoms. The molecule has 1 heterocycles. The van der Waals surface area contributed by atoms with E-state index in [1.807, 2.05) is 6.07 Å². The van der Waals surface area contributed by atoms with Gasteiger partial charge in [0.25, 0.3) is 5.91 Å². The molecule has 0 saturated carbocycles. The van der Waals surface area contributed by atoms with E-state index in [-0.39, 0.29) is 5.91 Å². The third-order valence-electron chi connectivity index (χ3n) is 3.34. The highest BCUT2D eigenvalue weighted by Crippen LogP contribution is 2.13. The molecule has 1 fully saturated rings. The Labute approximate surface area is 119 Å². The lowest BCUT2D eigenvalue weighted by molar-refractivity contribution is 0.0953. The average molecular weight is 278 g/mol. The second-order valence-electron chi connectivity index (χ2n) is 4.79. The highest BCUT2D eigenvalue weighted by molar-refractivity contribution is 5.94. The number of nitrogens with one attached hydrogen (secondary N) is 2. The topological polar surface area (TPSA) is 79.6 Å². The van der Waals surface area contributed by atoms with Crippen LogP contribution in [0.2, 0.25) is 0 Å². The van der Waals surface area contributed by atoms with E-state index in [1.54, 1.807) is 18.2 Å². The Hall–Kier alpha value is -1.63. The predicted octanol–water partition coefficient (Wildman–Crippen LogP) is -0.0358. The lowest BCUT2D eigenvalue weighted by Gasteiger charge is -2.19. The van der Waals surface area contributed by atoms with Crippen molar-refractivity contribution in [1.82, 2.24) is 15.6 Å². The Bertz CT molecular complexity index is 431. The monoisotopic (exact) mass is 278 g/mol. The van der Waals surface area contributed by atoms with Gasteiger partial charge in [0.15, 0.2) is 0 Å². The fourth-order valence-corrected chi connectivity index (χ4v) is 2.23. The van der Waals surface area contributed by atoms with Crippen LogP contribution in [0.5, 0.6) is 5.75 Å². The molecule has 1 saturated heterocycles. The Morgan fingerprint density at radius 1 is 1.40 bits per heavy atom. The molecule has 0 radical (unpaired) electrons. The van der Waals surface area contributed by atoms with Crippen molar-refractivity contribution in [3.8, 4) is 5.75 Å². The van der Waals surface area contributed by atoms with Crippen LogP contribution in [-0.2, 0) is 0 Å². The van der Waals surface area contributed by atoms with E-state index >= 15 is 0 Å². The minimum atomic E-state index is -0.311. The van der Waals surface area contributed by atoms with Crippen molar-refractivity contribution in [2.24, 2.45) is 5.84 Å². The molecule has 1 aliphatic heterocycles. The first-order valence-corrected chi connectivity index (χ1v) is 6.96. The first-order chi connectivity index (χ1) is 9.79. The van der Waals surface area contributed by atoms with Crippen molar-refractivity contribution < 1.29 is 9.53 Å². The summed E-state index contributed by atoms with van der Waals surface area (Å²) in [5.74, 6) is 5.50. The molecule has 1 aromatic carbocycles. The number of rotatable bonds is 5. The molecule has 0 spiro atoms. The van der Waals surface area contributed by atoms with Crippen LogP contribution in [0.1, 0.15) is 16.8 Å². The molecule has 0 bridgehead atoms. The van der Waals surface area contributed by atoms with Gasteiger partial charge in [-0.15, -0.1) is 0 Å². The molecule has 6 nitrogen and oxygen atoms in total. The van der Waals surface area contributed by atoms with Crippen LogP contribution in [-0.4, -0.2) is 50.1 Å². The summed E-state index contributed by atoms with van der Waals surface area (Å²) in [6.07, 6.45) is 1.17. The van der Waals surface area contributed by atoms with Gasteiger partial charge in [0, 0.05) is 25.2 Å². The lowest BCUT2D eigenvalue weighted by atomic mass is 10.2. The minimum Gasteiger partial charge on any atom is -0.492 e. The second-order valence-corrected chi connectivity index (χ2v) is 4.79. The Morgan fingerprint density at radius 3 is 3.15 bits per heavy atom. The van der Waals surface area contributed by atoms with E-state index in [2.05, 4.69) is 15.6 Å². The first kappa shape index (κ1) is 14.8. The molecule has 2 rings (SSSR count). The molecule has 0 unspecified atom stereocenters. The van der Waals surface area contributed by atoms with Gasteiger partial charge in [-0.1, -0.05) is 6.07 Å². The van der Waals surface area contributed by atoms with E-state index in [0.29, 0.717) is 17.9 Å². The van der Waals surface area contributed by atoms with Crippen molar-refractivity contribution >= 4 is 5.91 Å². The first-order valence-electron chi connectivity index (χ1n) is 6.96. The molecule has 4 N–H and O–H groups in total. The number of hydrogen-bond acceptors (Lipinski definition) is 5. The summed E-state index contributed by atoms with van der Waals surface area (Å²) < 4.78 is 5.70. The van der Waals surface area contributed by atoms with Crippen molar-refractivity contribution in [2.45, 2.75) is 6.42 Å². The largest absolute Gasteiger partial charge is 0.492 e. The van der Waals surface area contributed by atoms with Gasteiger partial charge >= 0.3 is 0 Å². The quantitative estimate of drug-likeness (QED) is 0.400. The Kier molecular flexibility index (Phi) is 5.79. The molecule has 0 aromatic heterocycles. The number of carbonyl (C=O) groups excluding carboxylic acids is 1. The number of hydrazine groups is 1. The molecule has 1 amide bonds. The average Bonchev–Trinajstić information content (AvgIpc) is 2.75. The second kappa shape index (κ2) is 7.84. The standard InChI is InChI=1S/C14H22N4O2/c15-17-14(19)12-3-1-4-13(11-12)20-10-9-18-7-2-5-16-6-8-18/h1,3-4,11,16H,2,5-10,15H2,(H,17,19). The zero-order valence-corrected chi connectivity index (χ0v) is 11.6. The third kappa shape index (κ3) is 4.48. The smallest absolute Gasteiger partial charge is 0.265 e. The molecule has 110 valence electrons. The number of carbonyl (C=O) groups is 1. The van der Waals surface area contributed by atoms with Gasteiger partial charge < -0.3 is 10.1 Å². The summed E-state index contributed by atoms with van der Waals surface area (Å²) in [4.78, 5) is 13.8. The third-order valence-corrected chi connectivity index (χ3v) is 3.34. The van der Waals surface area contributed by atoms with Gasteiger partial charge in [-0.05, 0) is 37.7 Å². The minimum absolute atomic E-state index is 0.311. The molecule has 1 aliphatic rings. The molecule has 0 atom stereocenters. The molecule has 1 aromatic rings. The number of nitrogens with two attached hydrogens (primary N) is 1. The molecule has 0 aliphatic carbocycles. The van der Waals surface area contributed by atoms with E-state index in [4.69, 9.17) is 10.6 Å². The van der Waals surface area contributed by atoms with Gasteiger partial charge in [0.05, 0.1) is 0 Å². The van der Waals surface area contributed by atoms with Crippen molar-refractivity contribution in [3.05, 3.63) is 29.8 Å². The fraction of sp³-hybridized carbons (Fsp3) is 0.500. The Balaban J connectivity index is 1.80. The maximum atomic E-state index is 11.4. The zero-order chi connectivity index (χ0) is 14.2. The molecule has 20 heavy (non-hydrogen) atoms. The van der Waals surface area contributed by atoms with E-state index in [0.717, 1.165) is 32.7 Å². The van der Waals surface area contributed by atoms with E-state index in [9.17, 15) is 4.79 Å². The fourth-order valence-electron chi connectivity index (χ4n) is 2.23. The van der Waals surface area contributed by atoms with Gasteiger partial charge in [-0.25, -0.2) is 5.84 Å². The normalized spacial score (nSPS) is 16.4. The number of ether oxygens (including phenoxy) is 1. The maximum absolute atomic E-state index is 11.4. The maximum Gasteiger partial charge on any atom is 0.265 e. The summed E-state index contributed by atoms with van der Waals surface area (Å²) in [6.45, 7) is 5.80. The van der Waals surface area contributed by atoms with E-state index in [1.165, 1.54) is 6.42 Å². The number of benzene rings is 1. The van der Waals surface area contributed by atoms with Gasteiger partial charge in [0.2, 0.25) is 0 Å². The summed E-state index contributed by atoms with van der Waals surface area (Å²) in [7, 11) is 0. The van der Waals surface area contributed by atoms with Crippen molar-refractivity contribution in [2.75, 3.05) is 39.3 Å². The van der Waals surface area contributed by atoms with Gasteiger partial charge in [-0.2, -0.15) is 0 Å². The van der Waals surface area contributed by atoms with Crippen LogP contribution in [0.25, 0.3) is 0 Å². The van der Waals surface area contributed by atoms with Crippen LogP contribution >= 0.6 is 0 Å². The number of nitrogens with zero attached hydrogens (tertiary/aromatic N) is 1. The van der Waals surface area contributed by atoms with Crippen molar-refractivity contribution in [3.63, 3.8) is 0 Å². The zero-order valence-electron chi connectivity index (χ0n) is 11.6. The number of amides is 1. The SMILES string of the molecule is NNC(=O)c1cccc(OCCN2CCCNCC2)c1. The predicted molar refractivity (Wildman–Crippen MR) is 77.5 cm³/mol. The lowest BCUT2D eigenvalue weighted by Crippen LogP contribution is -2.32. The van der Waals surface area contributed by atoms with Crippen LogP contribution in [0.4, 0.5) is 0 Å². The molecular formula is C14H22N4O2. The molecular weight excluding hydrogens is 256 g/mol. The highest BCUT2D eigenvalue weighted by atomic mass is 16.5. The van der Waals surface area contributed by atoms with Crippen LogP contribution in [0.3, 0.4) is 0 Å².